The Labute approximate surface area is 142 Å². The van der Waals surface area contributed by atoms with E-state index in [4.69, 9.17) is 4.74 Å². The quantitative estimate of drug-likeness (QED) is 0.822. The summed E-state index contributed by atoms with van der Waals surface area (Å²) >= 11 is 0. The molecule has 0 aromatic heterocycles. The summed E-state index contributed by atoms with van der Waals surface area (Å²) in [7, 11) is 1.60. The Balaban J connectivity index is 1.90. The van der Waals surface area contributed by atoms with Gasteiger partial charge in [0, 0.05) is 19.2 Å². The van der Waals surface area contributed by atoms with E-state index in [-0.39, 0.29) is 11.8 Å². The average Bonchev–Trinajstić information content (AvgIpc) is 2.55. The van der Waals surface area contributed by atoms with E-state index < -0.39 is 0 Å². The molecular formula is C19H22N2O3. The van der Waals surface area contributed by atoms with Crippen LogP contribution in [0.3, 0.4) is 0 Å². The Hall–Kier alpha value is -2.82. The summed E-state index contributed by atoms with van der Waals surface area (Å²) in [6.45, 7) is 1.97. The molecule has 2 aromatic rings. The van der Waals surface area contributed by atoms with Crippen molar-refractivity contribution in [1.82, 2.24) is 5.32 Å². The number of methoxy groups -OCH3 is 1. The standard InChI is InChI=1S/C19H22N2O3/c1-14(22)21-17-8-9-18(24-2)16(13-17)10-11-20-19(23)12-15-6-4-3-5-7-15/h3-9,13H,10-12H2,1-2H3,(H,20,23)(H,21,22). The number of carbonyl (C=O) groups excluding carboxylic acids is 2. The van der Waals surface area contributed by atoms with Gasteiger partial charge in [-0.1, -0.05) is 30.3 Å². The number of anilines is 1. The monoisotopic (exact) mass is 326 g/mol. The number of carbonyl (C=O) groups is 2. The molecule has 0 saturated heterocycles. The lowest BCUT2D eigenvalue weighted by molar-refractivity contribution is -0.120. The van der Waals surface area contributed by atoms with Crippen LogP contribution in [0.25, 0.3) is 0 Å². The van der Waals surface area contributed by atoms with Crippen molar-refractivity contribution < 1.29 is 14.3 Å². The van der Waals surface area contributed by atoms with Crippen LogP contribution < -0.4 is 15.4 Å². The topological polar surface area (TPSA) is 67.4 Å². The van der Waals surface area contributed by atoms with Crippen LogP contribution in [0.2, 0.25) is 0 Å². The van der Waals surface area contributed by atoms with E-state index in [2.05, 4.69) is 10.6 Å². The van der Waals surface area contributed by atoms with Gasteiger partial charge in [-0.15, -0.1) is 0 Å². The highest BCUT2D eigenvalue weighted by molar-refractivity contribution is 5.88. The maximum atomic E-state index is 12.0. The van der Waals surface area contributed by atoms with Gasteiger partial charge in [0.1, 0.15) is 5.75 Å². The van der Waals surface area contributed by atoms with E-state index in [9.17, 15) is 9.59 Å². The van der Waals surface area contributed by atoms with Crippen LogP contribution in [0.5, 0.6) is 5.75 Å². The summed E-state index contributed by atoms with van der Waals surface area (Å²) in [5, 5.41) is 5.66. The number of hydrogen-bond donors (Lipinski definition) is 2. The Morgan fingerprint density at radius 3 is 2.50 bits per heavy atom. The van der Waals surface area contributed by atoms with E-state index >= 15 is 0 Å². The summed E-state index contributed by atoms with van der Waals surface area (Å²) < 4.78 is 5.33. The van der Waals surface area contributed by atoms with Gasteiger partial charge in [-0.05, 0) is 35.7 Å². The highest BCUT2D eigenvalue weighted by atomic mass is 16.5. The van der Waals surface area contributed by atoms with Crippen LogP contribution in [-0.2, 0) is 22.4 Å². The van der Waals surface area contributed by atoms with Gasteiger partial charge >= 0.3 is 0 Å². The fraction of sp³-hybridized carbons (Fsp3) is 0.263. The molecule has 0 aliphatic rings. The van der Waals surface area contributed by atoms with Crippen molar-refractivity contribution in [3.05, 3.63) is 59.7 Å². The smallest absolute Gasteiger partial charge is 0.224 e. The lowest BCUT2D eigenvalue weighted by Gasteiger charge is -2.12. The summed E-state index contributed by atoms with van der Waals surface area (Å²) in [5.74, 6) is 0.599. The van der Waals surface area contributed by atoms with Gasteiger partial charge in [0.25, 0.3) is 0 Å². The number of benzene rings is 2. The second kappa shape index (κ2) is 8.72. The Morgan fingerprint density at radius 1 is 1.08 bits per heavy atom. The Kier molecular flexibility index (Phi) is 6.37. The second-order valence-electron chi connectivity index (χ2n) is 5.47. The van der Waals surface area contributed by atoms with Gasteiger partial charge < -0.3 is 15.4 Å². The third-order valence-corrected chi connectivity index (χ3v) is 3.52. The molecule has 5 nitrogen and oxygen atoms in total. The van der Waals surface area contributed by atoms with Gasteiger partial charge in [0.2, 0.25) is 11.8 Å². The number of hydrogen-bond acceptors (Lipinski definition) is 3. The van der Waals surface area contributed by atoms with Crippen LogP contribution in [-0.4, -0.2) is 25.5 Å². The summed E-state index contributed by atoms with van der Waals surface area (Å²) in [6, 6.07) is 15.1. The zero-order valence-electron chi connectivity index (χ0n) is 14.0. The van der Waals surface area contributed by atoms with Crippen molar-refractivity contribution in [3.8, 4) is 5.75 Å². The first-order valence-electron chi connectivity index (χ1n) is 7.83. The third kappa shape index (κ3) is 5.43. The zero-order chi connectivity index (χ0) is 17.4. The number of nitrogens with one attached hydrogen (secondary N) is 2. The largest absolute Gasteiger partial charge is 0.496 e. The molecule has 5 heteroatoms. The Morgan fingerprint density at radius 2 is 1.83 bits per heavy atom. The van der Waals surface area contributed by atoms with Gasteiger partial charge in [-0.3, -0.25) is 9.59 Å². The first kappa shape index (κ1) is 17.5. The molecule has 0 atom stereocenters. The minimum Gasteiger partial charge on any atom is -0.496 e. The average molecular weight is 326 g/mol. The summed E-state index contributed by atoms with van der Waals surface area (Å²) in [4.78, 5) is 23.1. The lowest BCUT2D eigenvalue weighted by atomic mass is 10.1. The molecule has 0 fully saturated rings. The number of amides is 2. The van der Waals surface area contributed by atoms with Crippen molar-refractivity contribution in [1.29, 1.82) is 0 Å². The van der Waals surface area contributed by atoms with Gasteiger partial charge in [-0.25, -0.2) is 0 Å². The summed E-state index contributed by atoms with van der Waals surface area (Å²) in [5.41, 5.74) is 2.64. The van der Waals surface area contributed by atoms with Crippen LogP contribution in [0.4, 0.5) is 5.69 Å². The molecule has 126 valence electrons. The highest BCUT2D eigenvalue weighted by Gasteiger charge is 2.07. The number of rotatable bonds is 7. The predicted octanol–water partition coefficient (Wildman–Crippen LogP) is 2.56. The molecule has 2 N–H and O–H groups in total. The Bertz CT molecular complexity index is 699. The molecule has 0 aliphatic heterocycles. The molecule has 0 aliphatic carbocycles. The first-order chi connectivity index (χ1) is 11.6. The molecule has 0 bridgehead atoms. The molecule has 24 heavy (non-hydrogen) atoms. The maximum absolute atomic E-state index is 12.0. The molecule has 0 radical (unpaired) electrons. The lowest BCUT2D eigenvalue weighted by Crippen LogP contribution is -2.27. The summed E-state index contributed by atoms with van der Waals surface area (Å²) in [6.07, 6.45) is 0.987. The third-order valence-electron chi connectivity index (χ3n) is 3.52. The second-order valence-corrected chi connectivity index (χ2v) is 5.47. The molecule has 0 spiro atoms. The molecule has 0 unspecified atom stereocenters. The minimum absolute atomic E-state index is 0.0156. The van der Waals surface area contributed by atoms with Crippen molar-refractivity contribution in [3.63, 3.8) is 0 Å². The number of ether oxygens (including phenoxy) is 1. The first-order valence-corrected chi connectivity index (χ1v) is 7.83. The molecule has 2 rings (SSSR count). The van der Waals surface area contributed by atoms with E-state index in [0.717, 1.165) is 16.9 Å². The fourth-order valence-electron chi connectivity index (χ4n) is 2.44. The SMILES string of the molecule is COc1ccc(NC(C)=O)cc1CCNC(=O)Cc1ccccc1. The van der Waals surface area contributed by atoms with Gasteiger partial charge in [0.15, 0.2) is 0 Å². The molecular weight excluding hydrogens is 304 g/mol. The van der Waals surface area contributed by atoms with E-state index in [1.165, 1.54) is 6.92 Å². The molecule has 2 amide bonds. The predicted molar refractivity (Wildman–Crippen MR) is 94.2 cm³/mol. The maximum Gasteiger partial charge on any atom is 0.224 e. The molecule has 0 saturated carbocycles. The fourth-order valence-corrected chi connectivity index (χ4v) is 2.44. The minimum atomic E-state index is -0.123. The molecule has 0 heterocycles. The van der Waals surface area contributed by atoms with E-state index in [0.29, 0.717) is 25.1 Å². The van der Waals surface area contributed by atoms with Crippen LogP contribution in [0.1, 0.15) is 18.1 Å². The van der Waals surface area contributed by atoms with Gasteiger partial charge in [0.05, 0.1) is 13.5 Å². The normalized spacial score (nSPS) is 10.1. The van der Waals surface area contributed by atoms with Crippen molar-refractivity contribution in [2.24, 2.45) is 0 Å². The van der Waals surface area contributed by atoms with Crippen LogP contribution in [0, 0.1) is 0 Å². The van der Waals surface area contributed by atoms with Crippen molar-refractivity contribution in [2.75, 3.05) is 19.0 Å². The van der Waals surface area contributed by atoms with Crippen LogP contribution >= 0.6 is 0 Å². The van der Waals surface area contributed by atoms with Crippen LogP contribution in [0.15, 0.2) is 48.5 Å². The zero-order valence-corrected chi connectivity index (χ0v) is 14.0. The van der Waals surface area contributed by atoms with Crippen molar-refractivity contribution in [2.45, 2.75) is 19.8 Å². The van der Waals surface area contributed by atoms with E-state index in [1.807, 2.05) is 42.5 Å². The van der Waals surface area contributed by atoms with Gasteiger partial charge in [-0.2, -0.15) is 0 Å². The highest BCUT2D eigenvalue weighted by Crippen LogP contribution is 2.23. The van der Waals surface area contributed by atoms with Crippen molar-refractivity contribution >= 4 is 17.5 Å². The van der Waals surface area contributed by atoms with E-state index in [1.54, 1.807) is 13.2 Å². The molecule has 2 aromatic carbocycles.